The largest absolute Gasteiger partial charge is 0.508 e. The first-order valence-corrected chi connectivity index (χ1v) is 6.00. The zero-order valence-corrected chi connectivity index (χ0v) is 10.1. The van der Waals surface area contributed by atoms with Crippen molar-refractivity contribution in [2.24, 2.45) is 0 Å². The van der Waals surface area contributed by atoms with Crippen LogP contribution < -0.4 is 0 Å². The van der Waals surface area contributed by atoms with E-state index in [1.165, 1.54) is 10.6 Å². The highest BCUT2D eigenvalue weighted by molar-refractivity contribution is 8.14. The van der Waals surface area contributed by atoms with Crippen LogP contribution in [0, 0.1) is 6.92 Å². The fraction of sp³-hybridized carbons (Fsp3) is 0.417. The summed E-state index contributed by atoms with van der Waals surface area (Å²) in [5, 5.41) is 11.3. The summed E-state index contributed by atoms with van der Waals surface area (Å²) < 4.78 is 2.29. The summed E-state index contributed by atoms with van der Waals surface area (Å²) >= 11 is 1.91. The van der Waals surface area contributed by atoms with Crippen LogP contribution in [-0.2, 0) is 0 Å². The fourth-order valence-corrected chi connectivity index (χ4v) is 3.23. The minimum atomic E-state index is 0.343. The second kappa shape index (κ2) is 3.89. The third-order valence-electron chi connectivity index (χ3n) is 2.63. The van der Waals surface area contributed by atoms with Gasteiger partial charge in [0, 0.05) is 0 Å². The first-order chi connectivity index (χ1) is 7.08. The highest BCUT2D eigenvalue weighted by Gasteiger charge is 2.28. The van der Waals surface area contributed by atoms with Gasteiger partial charge in [0.25, 0.3) is 0 Å². The number of nitrogens with zero attached hydrogens (tertiary/aromatic N) is 1. The highest BCUT2D eigenvalue weighted by atomic mass is 32.2. The minimum absolute atomic E-state index is 0.343. The zero-order chi connectivity index (χ0) is 11.0. The molecule has 0 fully saturated rings. The SMILES string of the molecule is Cc1cc(O)ccc1C1=[N+](C)CC(C)S1. The molecule has 0 spiro atoms. The van der Waals surface area contributed by atoms with Crippen molar-refractivity contribution >= 4 is 16.8 Å². The lowest BCUT2D eigenvalue weighted by Gasteiger charge is -2.03. The molecule has 1 aliphatic rings. The van der Waals surface area contributed by atoms with Crippen LogP contribution in [0.2, 0.25) is 0 Å². The van der Waals surface area contributed by atoms with Gasteiger partial charge in [-0.25, -0.2) is 4.58 Å². The molecule has 1 unspecified atom stereocenters. The summed E-state index contributed by atoms with van der Waals surface area (Å²) in [6.07, 6.45) is 0. The first-order valence-electron chi connectivity index (χ1n) is 5.12. The van der Waals surface area contributed by atoms with Crippen LogP contribution in [0.5, 0.6) is 5.75 Å². The molecule has 1 aromatic rings. The zero-order valence-electron chi connectivity index (χ0n) is 9.32. The predicted octanol–water partition coefficient (Wildman–Crippen LogP) is 2.22. The lowest BCUT2D eigenvalue weighted by molar-refractivity contribution is -0.489. The molecule has 0 amide bonds. The molecule has 1 heterocycles. The van der Waals surface area contributed by atoms with Gasteiger partial charge in [-0.15, -0.1) is 0 Å². The van der Waals surface area contributed by atoms with Crippen molar-refractivity contribution in [1.29, 1.82) is 0 Å². The van der Waals surface area contributed by atoms with Crippen LogP contribution in [0.25, 0.3) is 0 Å². The number of thioether (sulfide) groups is 1. The van der Waals surface area contributed by atoms with Crippen molar-refractivity contribution in [3.63, 3.8) is 0 Å². The van der Waals surface area contributed by atoms with Crippen molar-refractivity contribution in [3.8, 4) is 5.75 Å². The van der Waals surface area contributed by atoms with Crippen molar-refractivity contribution in [2.45, 2.75) is 19.1 Å². The Morgan fingerprint density at radius 3 is 2.73 bits per heavy atom. The van der Waals surface area contributed by atoms with Crippen LogP contribution >= 0.6 is 11.8 Å². The molecular formula is C12H16NOS+. The van der Waals surface area contributed by atoms with E-state index >= 15 is 0 Å². The summed E-state index contributed by atoms with van der Waals surface area (Å²) in [7, 11) is 2.12. The molecule has 0 aromatic heterocycles. The second-order valence-electron chi connectivity index (χ2n) is 4.11. The van der Waals surface area contributed by atoms with E-state index in [4.69, 9.17) is 0 Å². The Labute approximate surface area is 94.6 Å². The van der Waals surface area contributed by atoms with Crippen LogP contribution in [0.15, 0.2) is 18.2 Å². The average Bonchev–Trinajstić information content (AvgIpc) is 2.45. The van der Waals surface area contributed by atoms with Gasteiger partial charge in [0.1, 0.15) is 12.8 Å². The summed E-state index contributed by atoms with van der Waals surface area (Å²) in [6, 6.07) is 5.58. The standard InChI is InChI=1S/C12H15NOS/c1-8-6-10(14)4-5-11(8)12-13(3)7-9(2)15-12/h4-6,9H,7H2,1-3H3/p+1. The van der Waals surface area contributed by atoms with Gasteiger partial charge in [-0.2, -0.15) is 0 Å². The van der Waals surface area contributed by atoms with Gasteiger partial charge in [0.2, 0.25) is 5.04 Å². The van der Waals surface area contributed by atoms with E-state index in [1.807, 2.05) is 30.8 Å². The summed E-state index contributed by atoms with van der Waals surface area (Å²) in [5.41, 5.74) is 2.38. The summed E-state index contributed by atoms with van der Waals surface area (Å²) in [5.74, 6) is 0.343. The lowest BCUT2D eigenvalue weighted by atomic mass is 10.1. The number of phenols is 1. The predicted molar refractivity (Wildman–Crippen MR) is 65.1 cm³/mol. The Bertz CT molecular complexity index is 426. The number of hydrogen-bond donors (Lipinski definition) is 1. The van der Waals surface area contributed by atoms with Crippen LogP contribution in [0.4, 0.5) is 0 Å². The van der Waals surface area contributed by atoms with Gasteiger partial charge in [0.05, 0.1) is 10.8 Å². The fourth-order valence-electron chi connectivity index (χ4n) is 1.94. The molecule has 0 saturated heterocycles. The monoisotopic (exact) mass is 222 g/mol. The summed E-state index contributed by atoms with van der Waals surface area (Å²) in [6.45, 7) is 5.38. The number of benzene rings is 1. The number of hydrogen-bond acceptors (Lipinski definition) is 2. The molecule has 0 aliphatic carbocycles. The molecule has 1 aromatic carbocycles. The number of aromatic hydroxyl groups is 1. The highest BCUT2D eigenvalue weighted by Crippen LogP contribution is 2.27. The van der Waals surface area contributed by atoms with Crippen LogP contribution in [0.3, 0.4) is 0 Å². The third kappa shape index (κ3) is 2.02. The van der Waals surface area contributed by atoms with Gasteiger partial charge < -0.3 is 5.11 Å². The molecule has 0 radical (unpaired) electrons. The Balaban J connectivity index is 2.42. The van der Waals surface area contributed by atoms with Gasteiger partial charge in [-0.1, -0.05) is 0 Å². The van der Waals surface area contributed by atoms with E-state index in [0.717, 1.165) is 12.1 Å². The maximum Gasteiger partial charge on any atom is 0.242 e. The van der Waals surface area contributed by atoms with E-state index < -0.39 is 0 Å². The molecule has 15 heavy (non-hydrogen) atoms. The molecule has 1 aliphatic heterocycles. The third-order valence-corrected chi connectivity index (χ3v) is 3.94. The normalized spacial score (nSPS) is 21.1. The number of rotatable bonds is 1. The quantitative estimate of drug-likeness (QED) is 0.736. The topological polar surface area (TPSA) is 23.2 Å². The Hall–Kier alpha value is -0.960. The van der Waals surface area contributed by atoms with Gasteiger partial charge >= 0.3 is 0 Å². The van der Waals surface area contributed by atoms with Crippen molar-refractivity contribution in [1.82, 2.24) is 0 Å². The molecule has 2 nitrogen and oxygen atoms in total. The molecule has 0 bridgehead atoms. The minimum Gasteiger partial charge on any atom is -0.508 e. The van der Waals surface area contributed by atoms with Gasteiger partial charge in [0.15, 0.2) is 6.54 Å². The molecule has 1 N–H and O–H groups in total. The molecular weight excluding hydrogens is 206 g/mol. The van der Waals surface area contributed by atoms with E-state index in [2.05, 4.69) is 18.5 Å². The second-order valence-corrected chi connectivity index (χ2v) is 5.54. The van der Waals surface area contributed by atoms with Crippen molar-refractivity contribution < 1.29 is 9.68 Å². The maximum atomic E-state index is 9.37. The number of phenolic OH excluding ortho intramolecular Hbond substituents is 1. The van der Waals surface area contributed by atoms with E-state index in [1.54, 1.807) is 6.07 Å². The Morgan fingerprint density at radius 1 is 1.47 bits per heavy atom. The van der Waals surface area contributed by atoms with Gasteiger partial charge in [-0.3, -0.25) is 0 Å². The first kappa shape index (κ1) is 10.6. The number of aryl methyl sites for hydroxylation is 1. The average molecular weight is 222 g/mol. The molecule has 0 saturated carbocycles. The van der Waals surface area contributed by atoms with E-state index in [-0.39, 0.29) is 0 Å². The van der Waals surface area contributed by atoms with Crippen LogP contribution in [0.1, 0.15) is 18.1 Å². The lowest BCUT2D eigenvalue weighted by Crippen LogP contribution is -2.12. The van der Waals surface area contributed by atoms with Gasteiger partial charge in [-0.05, 0) is 49.4 Å². The molecule has 1 atom stereocenters. The smallest absolute Gasteiger partial charge is 0.242 e. The van der Waals surface area contributed by atoms with E-state index in [0.29, 0.717) is 11.0 Å². The molecule has 3 heteroatoms. The molecule has 2 rings (SSSR count). The van der Waals surface area contributed by atoms with Crippen molar-refractivity contribution in [2.75, 3.05) is 13.6 Å². The van der Waals surface area contributed by atoms with Crippen molar-refractivity contribution in [3.05, 3.63) is 29.3 Å². The van der Waals surface area contributed by atoms with E-state index in [9.17, 15) is 5.11 Å². The maximum absolute atomic E-state index is 9.37. The Morgan fingerprint density at radius 2 is 2.20 bits per heavy atom. The summed E-state index contributed by atoms with van der Waals surface area (Å²) in [4.78, 5) is 0. The molecule has 80 valence electrons. The Kier molecular flexibility index (Phi) is 2.74. The van der Waals surface area contributed by atoms with Crippen LogP contribution in [-0.4, -0.2) is 33.6 Å².